The van der Waals surface area contributed by atoms with Crippen molar-refractivity contribution in [1.82, 2.24) is 18.8 Å². The Morgan fingerprint density at radius 3 is 2.34 bits per heavy atom. The van der Waals surface area contributed by atoms with Crippen LogP contribution < -0.4 is 16.0 Å². The second kappa shape index (κ2) is 11.4. The highest BCUT2D eigenvalue weighted by Crippen LogP contribution is 2.31. The van der Waals surface area contributed by atoms with Gasteiger partial charge in [-0.25, -0.2) is 13.2 Å². The standard InChI is InChI=1S/C26H29BrN4O6S/c1-29-16-21(24(33)30(2)26(29)35)23(32)18-11-13-31(14-12-18)25(34)22(17-7-4-3-5-8-17)28-38(36,37)20-10-6-9-19(27)15-20/h3-10,15-16,18,22-23,28,32H,11-14H2,1-2H3. The largest absolute Gasteiger partial charge is 0.388 e. The number of carbonyl (C=O) groups excluding carboxylic acids is 1. The zero-order valence-electron chi connectivity index (χ0n) is 21.0. The number of benzene rings is 2. The van der Waals surface area contributed by atoms with Gasteiger partial charge in [-0.15, -0.1) is 0 Å². The quantitative estimate of drug-likeness (QED) is 0.423. The van der Waals surface area contributed by atoms with Crippen LogP contribution in [0.15, 0.2) is 79.8 Å². The lowest BCUT2D eigenvalue weighted by molar-refractivity contribution is -0.135. The first kappa shape index (κ1) is 28.0. The number of aliphatic hydroxyl groups is 1. The minimum Gasteiger partial charge on any atom is -0.388 e. The average Bonchev–Trinajstić information content (AvgIpc) is 2.92. The number of aryl methyl sites for hydroxylation is 1. The second-order valence-electron chi connectivity index (χ2n) is 9.37. The zero-order valence-corrected chi connectivity index (χ0v) is 23.4. The molecule has 2 heterocycles. The van der Waals surface area contributed by atoms with Gasteiger partial charge in [0.25, 0.3) is 5.56 Å². The summed E-state index contributed by atoms with van der Waals surface area (Å²) in [7, 11) is -1.15. The highest BCUT2D eigenvalue weighted by atomic mass is 79.9. The van der Waals surface area contributed by atoms with E-state index in [1.165, 1.54) is 37.0 Å². The molecule has 1 fully saturated rings. The summed E-state index contributed by atoms with van der Waals surface area (Å²) in [6.07, 6.45) is 1.06. The first-order valence-corrected chi connectivity index (χ1v) is 14.3. The number of likely N-dealkylation sites (tertiary alicyclic amines) is 1. The maximum Gasteiger partial charge on any atom is 0.330 e. The van der Waals surface area contributed by atoms with Crippen molar-refractivity contribution in [3.05, 3.63) is 97.2 Å². The van der Waals surface area contributed by atoms with Crippen molar-refractivity contribution >= 4 is 31.9 Å². The van der Waals surface area contributed by atoms with Crippen LogP contribution in [-0.4, -0.2) is 46.6 Å². The number of rotatable bonds is 7. The van der Waals surface area contributed by atoms with E-state index in [4.69, 9.17) is 0 Å². The Morgan fingerprint density at radius 2 is 1.71 bits per heavy atom. The maximum atomic E-state index is 13.6. The number of halogens is 1. The Morgan fingerprint density at radius 1 is 1.05 bits per heavy atom. The normalized spacial score (nSPS) is 16.3. The van der Waals surface area contributed by atoms with Crippen LogP contribution in [0.1, 0.15) is 36.1 Å². The van der Waals surface area contributed by atoms with E-state index in [1.807, 2.05) is 0 Å². The molecular formula is C26H29BrN4O6S. The smallest absolute Gasteiger partial charge is 0.330 e. The lowest BCUT2D eigenvalue weighted by Crippen LogP contribution is -2.47. The minimum absolute atomic E-state index is 0.0290. The molecular weight excluding hydrogens is 576 g/mol. The summed E-state index contributed by atoms with van der Waals surface area (Å²) < 4.78 is 31.7. The van der Waals surface area contributed by atoms with Crippen LogP contribution >= 0.6 is 15.9 Å². The Kier molecular flexibility index (Phi) is 8.36. The van der Waals surface area contributed by atoms with Gasteiger partial charge in [0.05, 0.1) is 16.6 Å². The van der Waals surface area contributed by atoms with Crippen molar-refractivity contribution in [2.24, 2.45) is 20.0 Å². The Bertz CT molecular complexity index is 1550. The first-order chi connectivity index (χ1) is 18.0. The molecule has 0 spiro atoms. The SMILES string of the molecule is Cn1cc(C(O)C2CCN(C(=O)C(NS(=O)(=O)c3cccc(Br)c3)c3ccccc3)CC2)c(=O)n(C)c1=O. The number of nitrogens with zero attached hydrogens (tertiary/aromatic N) is 3. The van der Waals surface area contributed by atoms with E-state index in [-0.39, 0.29) is 29.5 Å². The van der Waals surface area contributed by atoms with Crippen molar-refractivity contribution in [1.29, 1.82) is 0 Å². The molecule has 1 aromatic heterocycles. The summed E-state index contributed by atoms with van der Waals surface area (Å²) in [5.74, 6) is -0.710. The van der Waals surface area contributed by atoms with Gasteiger partial charge in [-0.3, -0.25) is 14.2 Å². The van der Waals surface area contributed by atoms with Crippen molar-refractivity contribution in [2.75, 3.05) is 13.1 Å². The number of aromatic nitrogens is 2. The molecule has 1 aliphatic rings. The number of aliphatic hydroxyl groups excluding tert-OH is 1. The van der Waals surface area contributed by atoms with Crippen LogP contribution in [0, 0.1) is 5.92 Å². The van der Waals surface area contributed by atoms with Crippen molar-refractivity contribution in [3.63, 3.8) is 0 Å². The first-order valence-electron chi connectivity index (χ1n) is 12.1. The van der Waals surface area contributed by atoms with Crippen molar-refractivity contribution in [3.8, 4) is 0 Å². The topological polar surface area (TPSA) is 131 Å². The highest BCUT2D eigenvalue weighted by molar-refractivity contribution is 9.10. The van der Waals surface area contributed by atoms with Crippen LogP contribution in [-0.2, 0) is 28.9 Å². The summed E-state index contributed by atoms with van der Waals surface area (Å²) in [6, 6.07) is 13.7. The lowest BCUT2D eigenvalue weighted by atomic mass is 9.88. The third-order valence-electron chi connectivity index (χ3n) is 6.85. The number of nitrogens with one attached hydrogen (secondary N) is 1. The maximum absolute atomic E-state index is 13.6. The molecule has 0 aliphatic carbocycles. The number of sulfonamides is 1. The number of carbonyl (C=O) groups is 1. The fourth-order valence-corrected chi connectivity index (χ4v) is 6.45. The van der Waals surface area contributed by atoms with Crippen LogP contribution in [0.4, 0.5) is 0 Å². The molecule has 0 radical (unpaired) electrons. The Labute approximate surface area is 228 Å². The molecule has 0 saturated carbocycles. The van der Waals surface area contributed by atoms with Gasteiger partial charge >= 0.3 is 5.69 Å². The molecule has 38 heavy (non-hydrogen) atoms. The van der Waals surface area contributed by atoms with Gasteiger partial charge in [-0.2, -0.15) is 4.72 Å². The van der Waals surface area contributed by atoms with Gasteiger partial charge in [0.15, 0.2) is 0 Å². The molecule has 2 unspecified atom stereocenters. The molecule has 3 aromatic rings. The predicted octanol–water partition coefficient (Wildman–Crippen LogP) is 1.84. The van der Waals surface area contributed by atoms with Gasteiger partial charge in [-0.1, -0.05) is 52.3 Å². The van der Waals surface area contributed by atoms with Crippen molar-refractivity contribution < 1.29 is 18.3 Å². The second-order valence-corrected chi connectivity index (χ2v) is 12.0. The highest BCUT2D eigenvalue weighted by Gasteiger charge is 2.35. The molecule has 10 nitrogen and oxygen atoms in total. The summed E-state index contributed by atoms with van der Waals surface area (Å²) in [5, 5.41) is 11.0. The molecule has 1 saturated heterocycles. The third-order valence-corrected chi connectivity index (χ3v) is 8.76. The average molecular weight is 606 g/mol. The summed E-state index contributed by atoms with van der Waals surface area (Å²) in [6.45, 7) is 0.545. The van der Waals surface area contributed by atoms with E-state index >= 15 is 0 Å². The van der Waals surface area contributed by atoms with E-state index in [2.05, 4.69) is 20.7 Å². The van der Waals surface area contributed by atoms with Gasteiger partial charge in [0.2, 0.25) is 15.9 Å². The number of piperidine rings is 1. The molecule has 1 aliphatic heterocycles. The van der Waals surface area contributed by atoms with E-state index in [0.29, 0.717) is 22.9 Å². The number of hydrogen-bond donors (Lipinski definition) is 2. The fourth-order valence-electron chi connectivity index (χ4n) is 4.68. The van der Waals surface area contributed by atoms with Gasteiger partial charge in [-0.05, 0) is 42.5 Å². The number of hydrogen-bond acceptors (Lipinski definition) is 6. The molecule has 1 amide bonds. The van der Waals surface area contributed by atoms with Crippen LogP contribution in [0.2, 0.25) is 0 Å². The summed E-state index contributed by atoms with van der Waals surface area (Å²) >= 11 is 3.28. The molecule has 2 atom stereocenters. The molecule has 0 bridgehead atoms. The Hall–Kier alpha value is -3.06. The van der Waals surface area contributed by atoms with Crippen LogP contribution in [0.3, 0.4) is 0 Å². The zero-order chi connectivity index (χ0) is 27.6. The van der Waals surface area contributed by atoms with E-state index in [0.717, 1.165) is 4.57 Å². The van der Waals surface area contributed by atoms with E-state index < -0.39 is 39.3 Å². The van der Waals surface area contributed by atoms with E-state index in [9.17, 15) is 27.9 Å². The van der Waals surface area contributed by atoms with Crippen LogP contribution in [0.5, 0.6) is 0 Å². The molecule has 2 N–H and O–H groups in total. The number of amides is 1. The van der Waals surface area contributed by atoms with Crippen LogP contribution in [0.25, 0.3) is 0 Å². The van der Waals surface area contributed by atoms with Gasteiger partial charge < -0.3 is 14.6 Å². The molecule has 2 aromatic carbocycles. The molecule has 202 valence electrons. The summed E-state index contributed by atoms with van der Waals surface area (Å²) in [5.41, 5.74) is -0.399. The molecule has 12 heteroatoms. The fraction of sp³-hybridized carbons (Fsp3) is 0.346. The predicted molar refractivity (Wildman–Crippen MR) is 145 cm³/mol. The van der Waals surface area contributed by atoms with Gasteiger partial charge in [0.1, 0.15) is 6.04 Å². The monoisotopic (exact) mass is 604 g/mol. The van der Waals surface area contributed by atoms with Crippen molar-refractivity contribution in [2.45, 2.75) is 29.9 Å². The Balaban J connectivity index is 1.53. The summed E-state index contributed by atoms with van der Waals surface area (Å²) in [4.78, 5) is 39.8. The molecule has 4 rings (SSSR count). The van der Waals surface area contributed by atoms with Gasteiger partial charge in [0, 0.05) is 37.9 Å². The minimum atomic E-state index is -4.02. The third kappa shape index (κ3) is 5.83. The van der Waals surface area contributed by atoms with E-state index in [1.54, 1.807) is 47.4 Å². The lowest BCUT2D eigenvalue weighted by Gasteiger charge is -2.36.